The first-order chi connectivity index (χ1) is 14.6. The summed E-state index contributed by atoms with van der Waals surface area (Å²) in [4.78, 5) is 2.54. The molecule has 1 heterocycles. The van der Waals surface area contributed by atoms with Crippen molar-refractivity contribution in [3.05, 3.63) is 68.9 Å². The standard InChI is InChI=1S/C28H33N2/c1-20-15-16-24-10-5-7-13-27(24)28(20)22(3)30-18-17-29(19-30)21(2)25-14-8-11-23-9-4-6-12-26(23)25/h5,7-14,16,19-22H,4,6,15,17-18H2,1-3H3/q+1. The summed E-state index contributed by atoms with van der Waals surface area (Å²) < 4.78 is 2.57. The van der Waals surface area contributed by atoms with Crippen LogP contribution in [0.3, 0.4) is 0 Å². The van der Waals surface area contributed by atoms with Crippen molar-refractivity contribution < 1.29 is 4.58 Å². The first kappa shape index (κ1) is 19.4. The van der Waals surface area contributed by atoms with Gasteiger partial charge in [-0.1, -0.05) is 67.6 Å². The van der Waals surface area contributed by atoms with Crippen LogP contribution in [0.5, 0.6) is 0 Å². The molecule has 1 aliphatic heterocycles. The van der Waals surface area contributed by atoms with Crippen LogP contribution in [-0.2, 0) is 0 Å². The van der Waals surface area contributed by atoms with E-state index in [1.165, 1.54) is 32.9 Å². The van der Waals surface area contributed by atoms with Gasteiger partial charge in [-0.15, -0.1) is 0 Å². The highest BCUT2D eigenvalue weighted by molar-refractivity contribution is 5.59. The minimum Gasteiger partial charge on any atom is -0.258 e. The van der Waals surface area contributed by atoms with E-state index in [-0.39, 0.29) is 0 Å². The third-order valence-corrected chi connectivity index (χ3v) is 7.36. The maximum absolute atomic E-state index is 2.57. The second-order valence-electron chi connectivity index (χ2n) is 9.16. The maximum Gasteiger partial charge on any atom is 0.235 e. The molecular weight excluding hydrogens is 364 g/mol. The van der Waals surface area contributed by atoms with Gasteiger partial charge < -0.3 is 0 Å². The van der Waals surface area contributed by atoms with Gasteiger partial charge in [-0.2, -0.15) is 0 Å². The van der Waals surface area contributed by atoms with Crippen LogP contribution in [0.2, 0.25) is 0 Å². The molecule has 2 aliphatic carbocycles. The molecule has 0 saturated heterocycles. The summed E-state index contributed by atoms with van der Waals surface area (Å²) in [7, 11) is 0. The van der Waals surface area contributed by atoms with E-state index in [0.29, 0.717) is 18.0 Å². The van der Waals surface area contributed by atoms with Crippen molar-refractivity contribution in [2.45, 2.75) is 52.1 Å². The van der Waals surface area contributed by atoms with Gasteiger partial charge in [0, 0.05) is 5.56 Å². The largest absolute Gasteiger partial charge is 0.258 e. The van der Waals surface area contributed by atoms with Gasteiger partial charge in [-0.05, 0) is 65.5 Å². The minimum absolute atomic E-state index is 0.397. The molecule has 154 valence electrons. The number of fused-ring (bicyclic) bond motifs is 2. The molecule has 2 heteroatoms. The van der Waals surface area contributed by atoms with Crippen LogP contribution in [0.25, 0.3) is 23.8 Å². The summed E-state index contributed by atoms with van der Waals surface area (Å²) in [6.45, 7) is 9.33. The smallest absolute Gasteiger partial charge is 0.235 e. The van der Waals surface area contributed by atoms with Crippen molar-refractivity contribution in [2.75, 3.05) is 13.1 Å². The van der Waals surface area contributed by atoms with Gasteiger partial charge in [0.15, 0.2) is 0 Å². The number of rotatable bonds is 4. The summed E-state index contributed by atoms with van der Waals surface area (Å²) in [5, 5.41) is 5.72. The highest BCUT2D eigenvalue weighted by atomic mass is 15.3. The number of benzene rings is 2. The lowest BCUT2D eigenvalue weighted by atomic mass is 9.86. The molecule has 0 aromatic heterocycles. The fourth-order valence-electron chi connectivity index (χ4n) is 5.60. The lowest BCUT2D eigenvalue weighted by molar-refractivity contribution is -0.535. The van der Waals surface area contributed by atoms with Crippen molar-refractivity contribution in [2.24, 2.45) is 5.92 Å². The molecule has 0 bridgehead atoms. The van der Waals surface area contributed by atoms with E-state index in [2.05, 4.69) is 97.3 Å². The van der Waals surface area contributed by atoms with Crippen LogP contribution in [-0.4, -0.2) is 34.9 Å². The summed E-state index contributed by atoms with van der Waals surface area (Å²) in [6.07, 6.45) is 13.1. The Labute approximate surface area is 179 Å². The molecule has 3 atom stereocenters. The Bertz CT molecular complexity index is 1230. The van der Waals surface area contributed by atoms with Crippen molar-refractivity contribution in [1.82, 2.24) is 4.90 Å². The summed E-state index contributed by atoms with van der Waals surface area (Å²) in [5.41, 5.74) is 3.06. The molecule has 0 spiro atoms. The van der Waals surface area contributed by atoms with Gasteiger partial charge >= 0.3 is 0 Å². The fraction of sp³-hybridized carbons (Fsp3) is 0.393. The molecule has 2 nitrogen and oxygen atoms in total. The van der Waals surface area contributed by atoms with Crippen LogP contribution in [0.4, 0.5) is 0 Å². The predicted octanol–water partition coefficient (Wildman–Crippen LogP) is 2.52. The van der Waals surface area contributed by atoms with E-state index in [9.17, 15) is 0 Å². The molecule has 2 aromatic rings. The van der Waals surface area contributed by atoms with Gasteiger partial charge in [-0.3, -0.25) is 9.48 Å². The molecule has 0 amide bonds. The highest BCUT2D eigenvalue weighted by Gasteiger charge is 2.31. The molecule has 30 heavy (non-hydrogen) atoms. The first-order valence-corrected chi connectivity index (χ1v) is 11.6. The van der Waals surface area contributed by atoms with Crippen LogP contribution in [0, 0.1) is 5.92 Å². The van der Waals surface area contributed by atoms with E-state index in [1.807, 2.05) is 0 Å². The van der Waals surface area contributed by atoms with Crippen molar-refractivity contribution in [1.29, 1.82) is 0 Å². The summed E-state index contributed by atoms with van der Waals surface area (Å²) in [6, 6.07) is 16.6. The normalized spacial score (nSPS) is 22.1. The second kappa shape index (κ2) is 7.91. The van der Waals surface area contributed by atoms with E-state index in [0.717, 1.165) is 25.9 Å². The molecule has 0 radical (unpaired) electrons. The quantitative estimate of drug-likeness (QED) is 0.719. The maximum atomic E-state index is 2.57. The molecule has 0 N–H and O–H groups in total. The fourth-order valence-corrected chi connectivity index (χ4v) is 5.60. The molecular formula is C28H33N2+. The van der Waals surface area contributed by atoms with E-state index >= 15 is 0 Å². The molecule has 0 fully saturated rings. The number of hydrogen-bond donors (Lipinski definition) is 0. The van der Waals surface area contributed by atoms with E-state index in [4.69, 9.17) is 0 Å². The number of hydrogen-bond acceptors (Lipinski definition) is 1. The first-order valence-electron chi connectivity index (χ1n) is 11.6. The molecule has 2 aromatic carbocycles. The Morgan fingerprint density at radius 2 is 1.73 bits per heavy atom. The average Bonchev–Trinajstić information content (AvgIpc) is 3.28. The van der Waals surface area contributed by atoms with Crippen LogP contribution in [0.15, 0.2) is 42.5 Å². The molecule has 3 aliphatic rings. The summed E-state index contributed by atoms with van der Waals surface area (Å²) in [5.74, 6) is 0.598. The zero-order valence-electron chi connectivity index (χ0n) is 18.5. The lowest BCUT2D eigenvalue weighted by Crippen LogP contribution is -2.39. The highest BCUT2D eigenvalue weighted by Crippen LogP contribution is 2.25. The SMILES string of the molecule is CC1CC=c2ccccc2=C1C(C)[N+]1=CN(C(C)c2cccc3c2=CCCC=3)CC1. The number of nitrogens with zero attached hydrogens (tertiary/aromatic N) is 2. The Hall–Kier alpha value is -2.61. The Balaban J connectivity index is 1.49. The third-order valence-electron chi connectivity index (χ3n) is 7.36. The average molecular weight is 398 g/mol. The minimum atomic E-state index is 0.397. The van der Waals surface area contributed by atoms with Crippen molar-refractivity contribution in [3.63, 3.8) is 0 Å². The topological polar surface area (TPSA) is 6.25 Å². The molecule has 0 saturated carbocycles. The molecule has 3 unspecified atom stereocenters. The Morgan fingerprint density at radius 1 is 0.933 bits per heavy atom. The second-order valence-corrected chi connectivity index (χ2v) is 9.16. The van der Waals surface area contributed by atoms with Gasteiger partial charge in [0.25, 0.3) is 0 Å². The van der Waals surface area contributed by atoms with E-state index < -0.39 is 0 Å². The Kier molecular flexibility index (Phi) is 5.10. The van der Waals surface area contributed by atoms with Gasteiger partial charge in [0.1, 0.15) is 25.2 Å². The van der Waals surface area contributed by atoms with Crippen LogP contribution < -0.4 is 20.9 Å². The van der Waals surface area contributed by atoms with Gasteiger partial charge in [0.2, 0.25) is 6.34 Å². The van der Waals surface area contributed by atoms with Crippen LogP contribution in [0.1, 0.15) is 51.6 Å². The van der Waals surface area contributed by atoms with Gasteiger partial charge in [0.05, 0.1) is 0 Å². The third kappa shape index (κ3) is 3.33. The predicted molar refractivity (Wildman–Crippen MR) is 127 cm³/mol. The van der Waals surface area contributed by atoms with E-state index in [1.54, 1.807) is 5.57 Å². The summed E-state index contributed by atoms with van der Waals surface area (Å²) >= 11 is 0. The van der Waals surface area contributed by atoms with Crippen LogP contribution >= 0.6 is 0 Å². The zero-order valence-corrected chi connectivity index (χ0v) is 18.5. The Morgan fingerprint density at radius 3 is 2.63 bits per heavy atom. The van der Waals surface area contributed by atoms with Crippen molar-refractivity contribution in [3.8, 4) is 0 Å². The molecule has 5 rings (SSSR count). The zero-order chi connectivity index (χ0) is 20.7. The monoisotopic (exact) mass is 397 g/mol. The van der Waals surface area contributed by atoms with Crippen molar-refractivity contribution >= 4 is 30.1 Å². The lowest BCUT2D eigenvalue weighted by Gasteiger charge is -2.24. The van der Waals surface area contributed by atoms with Gasteiger partial charge in [-0.25, -0.2) is 0 Å².